The van der Waals surface area contributed by atoms with E-state index >= 15 is 0 Å². The van der Waals surface area contributed by atoms with Crippen LogP contribution in [0.3, 0.4) is 0 Å². The number of thiophene rings is 1. The zero-order valence-corrected chi connectivity index (χ0v) is 19.2. The lowest BCUT2D eigenvalue weighted by Crippen LogP contribution is -2.52. The van der Waals surface area contributed by atoms with Gasteiger partial charge in [-0.3, -0.25) is 24.3 Å². The quantitative estimate of drug-likeness (QED) is 0.230. The molecular formula is C23H17N3O2S3. The Kier molecular flexibility index (Phi) is 4.92. The fourth-order valence-electron chi connectivity index (χ4n) is 3.60. The van der Waals surface area contributed by atoms with Crippen LogP contribution in [0.25, 0.3) is 6.08 Å². The van der Waals surface area contributed by atoms with Crippen LogP contribution in [0.2, 0.25) is 0 Å². The number of amides is 2. The second kappa shape index (κ2) is 7.64. The molecule has 1 aromatic heterocycles. The highest BCUT2D eigenvalue weighted by Gasteiger charge is 2.35. The van der Waals surface area contributed by atoms with Gasteiger partial charge >= 0.3 is 0 Å². The number of nitrogens with zero attached hydrogens (tertiary/aromatic N) is 3. The third-order valence-electron chi connectivity index (χ3n) is 5.20. The zero-order valence-electron chi connectivity index (χ0n) is 16.7. The molecule has 5 rings (SSSR count). The molecule has 0 unspecified atom stereocenters. The maximum absolute atomic E-state index is 12.6. The average Bonchev–Trinajstić information content (AvgIpc) is 3.25. The van der Waals surface area contributed by atoms with E-state index < -0.39 is 0 Å². The molecule has 3 heterocycles. The molecule has 1 saturated heterocycles. The summed E-state index contributed by atoms with van der Waals surface area (Å²) in [5, 5.41) is 1.22. The van der Waals surface area contributed by atoms with Crippen LogP contribution >= 0.6 is 35.3 Å². The van der Waals surface area contributed by atoms with Crippen LogP contribution in [-0.2, 0) is 9.59 Å². The van der Waals surface area contributed by atoms with Crippen LogP contribution in [0.1, 0.15) is 4.88 Å². The zero-order chi connectivity index (χ0) is 21.7. The summed E-state index contributed by atoms with van der Waals surface area (Å²) in [4.78, 5) is 33.4. The Labute approximate surface area is 193 Å². The molecule has 0 atom stereocenters. The first-order valence-electron chi connectivity index (χ1n) is 9.53. The predicted molar refractivity (Wildman–Crippen MR) is 129 cm³/mol. The van der Waals surface area contributed by atoms with Crippen LogP contribution in [-0.4, -0.2) is 40.8 Å². The van der Waals surface area contributed by atoms with Gasteiger partial charge in [0.1, 0.15) is 10.6 Å². The van der Waals surface area contributed by atoms with Crippen molar-refractivity contribution in [2.75, 3.05) is 19.0 Å². The molecule has 3 aromatic rings. The van der Waals surface area contributed by atoms with E-state index in [-0.39, 0.29) is 22.5 Å². The monoisotopic (exact) mass is 463 g/mol. The van der Waals surface area contributed by atoms with E-state index in [1.165, 1.54) is 30.9 Å². The van der Waals surface area contributed by atoms with Gasteiger partial charge in [0.15, 0.2) is 5.11 Å². The number of benzene rings is 2. The minimum atomic E-state index is -0.381. The van der Waals surface area contributed by atoms with Crippen molar-refractivity contribution in [3.8, 4) is 0 Å². The molecule has 8 heteroatoms. The summed E-state index contributed by atoms with van der Waals surface area (Å²) < 4.78 is 0. The normalized spacial score (nSPS) is 15.9. The van der Waals surface area contributed by atoms with Crippen molar-refractivity contribution < 1.29 is 9.59 Å². The van der Waals surface area contributed by atoms with E-state index in [2.05, 4.69) is 29.2 Å². The van der Waals surface area contributed by atoms with E-state index in [0.717, 1.165) is 21.3 Å². The van der Waals surface area contributed by atoms with Crippen LogP contribution in [0.4, 0.5) is 16.4 Å². The second-order valence-corrected chi connectivity index (χ2v) is 9.66. The van der Waals surface area contributed by atoms with Crippen molar-refractivity contribution in [3.05, 3.63) is 71.1 Å². The smallest absolute Gasteiger partial charge is 0.265 e. The molecule has 2 aromatic carbocycles. The van der Waals surface area contributed by atoms with E-state index in [4.69, 9.17) is 12.2 Å². The first kappa shape index (κ1) is 20.0. The van der Waals surface area contributed by atoms with E-state index in [1.54, 1.807) is 31.9 Å². The maximum Gasteiger partial charge on any atom is 0.265 e. The molecule has 2 aliphatic heterocycles. The highest BCUT2D eigenvalue weighted by Crippen LogP contribution is 2.52. The Bertz CT molecular complexity index is 1210. The van der Waals surface area contributed by atoms with Crippen molar-refractivity contribution >= 4 is 74.7 Å². The van der Waals surface area contributed by atoms with Gasteiger partial charge in [-0.1, -0.05) is 36.0 Å². The summed E-state index contributed by atoms with van der Waals surface area (Å²) in [6.07, 6.45) is 1.66. The minimum Gasteiger partial charge on any atom is -0.300 e. The number of anilines is 3. The third-order valence-corrected chi connectivity index (χ3v) is 7.89. The van der Waals surface area contributed by atoms with Crippen LogP contribution < -0.4 is 4.90 Å². The van der Waals surface area contributed by atoms with Gasteiger partial charge in [0.25, 0.3) is 11.8 Å². The number of carbonyl (C=O) groups is 2. The molecule has 0 radical (unpaired) electrons. The topological polar surface area (TPSA) is 43.9 Å². The van der Waals surface area contributed by atoms with Gasteiger partial charge in [0, 0.05) is 28.8 Å². The number of fused-ring (bicyclic) bond motifs is 2. The molecule has 5 nitrogen and oxygen atoms in total. The van der Waals surface area contributed by atoms with Gasteiger partial charge in [0.05, 0.1) is 11.4 Å². The Morgan fingerprint density at radius 3 is 1.94 bits per heavy atom. The number of hydrogen-bond donors (Lipinski definition) is 0. The predicted octanol–water partition coefficient (Wildman–Crippen LogP) is 5.28. The molecule has 2 amide bonds. The van der Waals surface area contributed by atoms with E-state index in [9.17, 15) is 9.59 Å². The highest BCUT2D eigenvalue weighted by molar-refractivity contribution is 7.99. The van der Waals surface area contributed by atoms with Gasteiger partial charge in [-0.25, -0.2) is 0 Å². The lowest BCUT2D eigenvalue weighted by Gasteiger charge is -2.32. The van der Waals surface area contributed by atoms with Gasteiger partial charge in [0.2, 0.25) is 0 Å². The summed E-state index contributed by atoms with van der Waals surface area (Å²) in [5.41, 5.74) is 2.34. The molecule has 31 heavy (non-hydrogen) atoms. The van der Waals surface area contributed by atoms with Gasteiger partial charge in [-0.05, 0) is 54.7 Å². The highest BCUT2D eigenvalue weighted by atomic mass is 32.2. The number of thiocarbonyl (C=S) groups is 1. The minimum absolute atomic E-state index is 0.113. The summed E-state index contributed by atoms with van der Waals surface area (Å²) in [7, 11) is 3.17. The first-order chi connectivity index (χ1) is 15.0. The van der Waals surface area contributed by atoms with Crippen molar-refractivity contribution in [3.63, 3.8) is 0 Å². The standard InChI is InChI=1S/C23H17N3O2S3/c1-24-21(27)15(22(28)25(2)23(24)29)13-14-11-12-20(30-14)26-16-7-3-5-9-18(16)31-19-10-6-4-8-17(19)26/h3-13H,1-2H3. The van der Waals surface area contributed by atoms with Crippen LogP contribution in [0.5, 0.6) is 0 Å². The number of carbonyl (C=O) groups excluding carboxylic acids is 2. The second-order valence-electron chi connectivity index (χ2n) is 7.12. The maximum atomic E-state index is 12.6. The fraction of sp³-hybridized carbons (Fsp3) is 0.0870. The first-order valence-corrected chi connectivity index (χ1v) is 11.6. The molecule has 154 valence electrons. The van der Waals surface area contributed by atoms with E-state index in [0.29, 0.717) is 0 Å². The SMILES string of the molecule is CN1C(=O)C(=Cc2ccc(N3c4ccccc4Sc4ccccc43)s2)C(=O)N(C)C1=S. The average molecular weight is 464 g/mol. The molecule has 2 aliphatic rings. The lowest BCUT2D eigenvalue weighted by atomic mass is 10.1. The van der Waals surface area contributed by atoms with Gasteiger partial charge in [-0.15, -0.1) is 11.3 Å². The van der Waals surface area contributed by atoms with Gasteiger partial charge < -0.3 is 0 Å². The molecular weight excluding hydrogens is 446 g/mol. The Morgan fingerprint density at radius 2 is 1.35 bits per heavy atom. The van der Waals surface area contributed by atoms with Crippen molar-refractivity contribution in [1.29, 1.82) is 0 Å². The molecule has 0 saturated carbocycles. The third kappa shape index (κ3) is 3.27. The Hall–Kier alpha value is -2.94. The molecule has 0 N–H and O–H groups in total. The number of likely N-dealkylation sites (N-methyl/N-ethyl adjacent to an activating group) is 2. The summed E-state index contributed by atoms with van der Waals surface area (Å²) in [5.74, 6) is -0.763. The van der Waals surface area contributed by atoms with Crippen molar-refractivity contribution in [2.24, 2.45) is 0 Å². The van der Waals surface area contributed by atoms with E-state index in [1.807, 2.05) is 36.4 Å². The molecule has 0 bridgehead atoms. The summed E-state index contributed by atoms with van der Waals surface area (Å²) in [6, 6.07) is 20.6. The van der Waals surface area contributed by atoms with Crippen molar-refractivity contribution in [1.82, 2.24) is 9.80 Å². The molecule has 1 fully saturated rings. The number of rotatable bonds is 2. The molecule has 0 aliphatic carbocycles. The van der Waals surface area contributed by atoms with Crippen LogP contribution in [0, 0.1) is 0 Å². The number of hydrogen-bond acceptors (Lipinski definition) is 6. The number of para-hydroxylation sites is 2. The fourth-order valence-corrected chi connectivity index (χ4v) is 5.80. The van der Waals surface area contributed by atoms with Crippen molar-refractivity contribution in [2.45, 2.75) is 9.79 Å². The lowest BCUT2D eigenvalue weighted by molar-refractivity contribution is -0.132. The Morgan fingerprint density at radius 1 is 0.806 bits per heavy atom. The summed E-state index contributed by atoms with van der Waals surface area (Å²) in [6.45, 7) is 0. The summed E-state index contributed by atoms with van der Waals surface area (Å²) >= 11 is 8.45. The molecule has 0 spiro atoms. The van der Waals surface area contributed by atoms with Gasteiger partial charge in [-0.2, -0.15) is 0 Å². The van der Waals surface area contributed by atoms with Crippen LogP contribution in [0.15, 0.2) is 76.0 Å². The largest absolute Gasteiger partial charge is 0.300 e. The Balaban J connectivity index is 1.57.